The highest BCUT2D eigenvalue weighted by molar-refractivity contribution is 7.19. The third kappa shape index (κ3) is 1.51. The summed E-state index contributed by atoms with van der Waals surface area (Å²) >= 11 is 1.55. The maximum Gasteiger partial charge on any atom is 0.311 e. The number of rotatable bonds is 2. The van der Waals surface area contributed by atoms with E-state index in [1.807, 2.05) is 30.3 Å². The SMILES string of the molecule is C[C@@H](C(=O)O)c1cc2ccccc2s1. The molecular formula is C11H10O2S. The summed E-state index contributed by atoms with van der Waals surface area (Å²) in [6.07, 6.45) is 0. The standard InChI is InChI=1S/C11H10O2S/c1-7(11(12)13)10-6-8-4-2-3-5-9(8)14-10/h2-7H,1H3,(H,12,13)/t7-/m1/s1. The van der Waals surface area contributed by atoms with Gasteiger partial charge in [-0.25, -0.2) is 0 Å². The number of carboxylic acids is 1. The van der Waals surface area contributed by atoms with Crippen molar-refractivity contribution in [2.45, 2.75) is 12.8 Å². The maximum atomic E-state index is 10.8. The van der Waals surface area contributed by atoms with Crippen LogP contribution in [0.5, 0.6) is 0 Å². The van der Waals surface area contributed by atoms with E-state index in [-0.39, 0.29) is 0 Å². The monoisotopic (exact) mass is 206 g/mol. The van der Waals surface area contributed by atoms with Gasteiger partial charge in [0, 0.05) is 9.58 Å². The first-order valence-corrected chi connectivity index (χ1v) is 5.21. The molecule has 0 bridgehead atoms. The quantitative estimate of drug-likeness (QED) is 0.819. The van der Waals surface area contributed by atoms with Crippen LogP contribution in [0.25, 0.3) is 10.1 Å². The fourth-order valence-corrected chi connectivity index (χ4v) is 2.45. The molecule has 0 aliphatic rings. The van der Waals surface area contributed by atoms with Gasteiger partial charge in [0.05, 0.1) is 5.92 Å². The van der Waals surface area contributed by atoms with Crippen LogP contribution in [0.15, 0.2) is 30.3 Å². The van der Waals surface area contributed by atoms with E-state index in [0.717, 1.165) is 15.0 Å². The van der Waals surface area contributed by atoms with Crippen LogP contribution >= 0.6 is 11.3 Å². The molecule has 0 unspecified atom stereocenters. The Labute approximate surface area is 85.8 Å². The largest absolute Gasteiger partial charge is 0.481 e. The average Bonchev–Trinajstić information content (AvgIpc) is 2.59. The molecule has 14 heavy (non-hydrogen) atoms. The molecule has 1 aromatic carbocycles. The lowest BCUT2D eigenvalue weighted by atomic mass is 10.1. The van der Waals surface area contributed by atoms with Gasteiger partial charge in [-0.1, -0.05) is 18.2 Å². The molecular weight excluding hydrogens is 196 g/mol. The van der Waals surface area contributed by atoms with Gasteiger partial charge >= 0.3 is 5.97 Å². The molecule has 0 aliphatic carbocycles. The van der Waals surface area contributed by atoms with Crippen LogP contribution < -0.4 is 0 Å². The molecule has 3 heteroatoms. The zero-order valence-corrected chi connectivity index (χ0v) is 8.54. The molecule has 0 amide bonds. The van der Waals surface area contributed by atoms with E-state index >= 15 is 0 Å². The molecule has 72 valence electrons. The van der Waals surface area contributed by atoms with Gasteiger partial charge in [0.1, 0.15) is 0 Å². The van der Waals surface area contributed by atoms with Crippen molar-refractivity contribution in [3.05, 3.63) is 35.2 Å². The lowest BCUT2D eigenvalue weighted by Gasteiger charge is -1.99. The van der Waals surface area contributed by atoms with Crippen LogP contribution in [0.2, 0.25) is 0 Å². The minimum Gasteiger partial charge on any atom is -0.481 e. The summed E-state index contributed by atoms with van der Waals surface area (Å²) in [4.78, 5) is 11.7. The minimum absolute atomic E-state index is 0.410. The van der Waals surface area contributed by atoms with Gasteiger partial charge in [-0.05, 0) is 24.4 Å². The second kappa shape index (κ2) is 3.42. The summed E-state index contributed by atoms with van der Waals surface area (Å²) < 4.78 is 1.15. The number of carboxylic acid groups (broad SMARTS) is 1. The first-order valence-electron chi connectivity index (χ1n) is 4.40. The minimum atomic E-state index is -0.767. The zero-order valence-electron chi connectivity index (χ0n) is 7.73. The predicted molar refractivity (Wildman–Crippen MR) is 57.9 cm³/mol. The third-order valence-electron chi connectivity index (χ3n) is 2.24. The van der Waals surface area contributed by atoms with Gasteiger partial charge in [-0.2, -0.15) is 0 Å². The summed E-state index contributed by atoms with van der Waals surface area (Å²) in [6.45, 7) is 1.72. The Bertz CT molecular complexity index is 440. The van der Waals surface area contributed by atoms with E-state index in [1.165, 1.54) is 0 Å². The van der Waals surface area contributed by atoms with E-state index in [2.05, 4.69) is 0 Å². The first-order chi connectivity index (χ1) is 6.68. The molecule has 0 saturated heterocycles. The smallest absolute Gasteiger partial charge is 0.311 e. The van der Waals surface area contributed by atoms with Crippen LogP contribution in [0, 0.1) is 0 Å². The highest BCUT2D eigenvalue weighted by atomic mass is 32.1. The molecule has 0 saturated carbocycles. The summed E-state index contributed by atoms with van der Waals surface area (Å²) in [5.74, 6) is -1.18. The molecule has 2 rings (SSSR count). The van der Waals surface area contributed by atoms with E-state index in [1.54, 1.807) is 18.3 Å². The van der Waals surface area contributed by atoms with Gasteiger partial charge in [-0.15, -0.1) is 11.3 Å². The van der Waals surface area contributed by atoms with Gasteiger partial charge in [0.25, 0.3) is 0 Å². The van der Waals surface area contributed by atoms with Crippen LogP contribution in [0.3, 0.4) is 0 Å². The van der Waals surface area contributed by atoms with Crippen molar-refractivity contribution in [3.8, 4) is 0 Å². The highest BCUT2D eigenvalue weighted by Gasteiger charge is 2.15. The fraction of sp³-hybridized carbons (Fsp3) is 0.182. The van der Waals surface area contributed by atoms with E-state index < -0.39 is 11.9 Å². The molecule has 0 aliphatic heterocycles. The van der Waals surface area contributed by atoms with Crippen LogP contribution in [-0.2, 0) is 4.79 Å². The molecule has 0 spiro atoms. The molecule has 1 N–H and O–H groups in total. The van der Waals surface area contributed by atoms with Crippen molar-refractivity contribution >= 4 is 27.4 Å². The summed E-state index contributed by atoms with van der Waals surface area (Å²) in [7, 11) is 0. The molecule has 1 heterocycles. The van der Waals surface area contributed by atoms with Gasteiger partial charge < -0.3 is 5.11 Å². The second-order valence-electron chi connectivity index (χ2n) is 3.25. The van der Waals surface area contributed by atoms with Crippen LogP contribution in [-0.4, -0.2) is 11.1 Å². The van der Waals surface area contributed by atoms with Crippen LogP contribution in [0.1, 0.15) is 17.7 Å². The Kier molecular flexibility index (Phi) is 2.25. The number of carbonyl (C=O) groups is 1. The van der Waals surface area contributed by atoms with E-state index in [0.29, 0.717) is 0 Å². The lowest BCUT2D eigenvalue weighted by Crippen LogP contribution is -2.04. The van der Waals surface area contributed by atoms with Crippen molar-refractivity contribution < 1.29 is 9.90 Å². The number of aliphatic carboxylic acids is 1. The van der Waals surface area contributed by atoms with E-state index in [4.69, 9.17) is 5.11 Å². The Morgan fingerprint density at radius 1 is 1.43 bits per heavy atom. The molecule has 1 atom stereocenters. The fourth-order valence-electron chi connectivity index (χ4n) is 1.34. The highest BCUT2D eigenvalue weighted by Crippen LogP contribution is 2.30. The Morgan fingerprint density at radius 3 is 2.79 bits per heavy atom. The predicted octanol–water partition coefficient (Wildman–Crippen LogP) is 3.09. The van der Waals surface area contributed by atoms with Gasteiger partial charge in [0.15, 0.2) is 0 Å². The van der Waals surface area contributed by atoms with E-state index in [9.17, 15) is 4.79 Å². The molecule has 1 aromatic heterocycles. The molecule has 2 nitrogen and oxygen atoms in total. The molecule has 2 aromatic rings. The topological polar surface area (TPSA) is 37.3 Å². The number of hydrogen-bond acceptors (Lipinski definition) is 2. The van der Waals surface area contributed by atoms with Crippen molar-refractivity contribution in [3.63, 3.8) is 0 Å². The second-order valence-corrected chi connectivity index (χ2v) is 4.36. The van der Waals surface area contributed by atoms with Crippen molar-refractivity contribution in [2.24, 2.45) is 0 Å². The number of hydrogen-bond donors (Lipinski definition) is 1. The number of fused-ring (bicyclic) bond motifs is 1. The Hall–Kier alpha value is -1.35. The van der Waals surface area contributed by atoms with Crippen molar-refractivity contribution in [1.82, 2.24) is 0 Å². The first kappa shape index (κ1) is 9.21. The number of thiophene rings is 1. The molecule has 0 radical (unpaired) electrons. The zero-order chi connectivity index (χ0) is 10.1. The maximum absolute atomic E-state index is 10.8. The normalized spacial score (nSPS) is 12.9. The van der Waals surface area contributed by atoms with Gasteiger partial charge in [0.2, 0.25) is 0 Å². The lowest BCUT2D eigenvalue weighted by molar-refractivity contribution is -0.138. The average molecular weight is 206 g/mol. The molecule has 0 fully saturated rings. The van der Waals surface area contributed by atoms with Gasteiger partial charge in [-0.3, -0.25) is 4.79 Å². The van der Waals surface area contributed by atoms with Crippen molar-refractivity contribution in [1.29, 1.82) is 0 Å². The number of benzene rings is 1. The summed E-state index contributed by atoms with van der Waals surface area (Å²) in [5.41, 5.74) is 0. The third-order valence-corrected chi connectivity index (χ3v) is 3.54. The Morgan fingerprint density at radius 2 is 2.14 bits per heavy atom. The Balaban J connectivity index is 2.50. The summed E-state index contributed by atoms with van der Waals surface area (Å²) in [6, 6.07) is 9.90. The van der Waals surface area contributed by atoms with Crippen molar-refractivity contribution in [2.75, 3.05) is 0 Å². The summed E-state index contributed by atoms with van der Waals surface area (Å²) in [5, 5.41) is 9.99. The van der Waals surface area contributed by atoms with Crippen LogP contribution in [0.4, 0.5) is 0 Å².